The van der Waals surface area contributed by atoms with Gasteiger partial charge in [0.1, 0.15) is 5.75 Å². The largest absolute Gasteiger partial charge is 0.491 e. The number of benzene rings is 3. The van der Waals surface area contributed by atoms with Gasteiger partial charge in [-0.1, -0.05) is 42.5 Å². The number of carbonyl (C=O) groups is 1. The highest BCUT2D eigenvalue weighted by Crippen LogP contribution is 2.26. The van der Waals surface area contributed by atoms with Gasteiger partial charge in [-0.2, -0.15) is 4.68 Å². The first-order valence-electron chi connectivity index (χ1n) is 11.2. The lowest BCUT2D eigenvalue weighted by Crippen LogP contribution is -2.26. The molecule has 1 aromatic heterocycles. The van der Waals surface area contributed by atoms with E-state index in [1.54, 1.807) is 16.4 Å². The summed E-state index contributed by atoms with van der Waals surface area (Å²) in [6, 6.07) is 25.3. The number of nitrogens with one attached hydrogen (secondary N) is 1. The van der Waals surface area contributed by atoms with Crippen LogP contribution in [0.3, 0.4) is 0 Å². The third-order valence-electron chi connectivity index (χ3n) is 5.02. The minimum atomic E-state index is -0.0921. The quantitative estimate of drug-likeness (QED) is 0.336. The Kier molecular flexibility index (Phi) is 7.93. The number of hydrogen-bond donors (Lipinski definition) is 1. The first-order chi connectivity index (χ1) is 16.6. The van der Waals surface area contributed by atoms with Crippen molar-refractivity contribution in [1.82, 2.24) is 25.5 Å². The molecule has 7 nitrogen and oxygen atoms in total. The minimum absolute atomic E-state index is 0.0921. The monoisotopic (exact) mass is 473 g/mol. The predicted molar refractivity (Wildman–Crippen MR) is 133 cm³/mol. The molecule has 0 aliphatic heterocycles. The number of aromatic nitrogens is 4. The molecule has 1 N–H and O–H groups in total. The van der Waals surface area contributed by atoms with E-state index < -0.39 is 0 Å². The van der Waals surface area contributed by atoms with E-state index in [0.717, 1.165) is 34.1 Å². The smallest absolute Gasteiger partial charge is 0.252 e. The van der Waals surface area contributed by atoms with E-state index >= 15 is 0 Å². The first kappa shape index (κ1) is 23.5. The molecule has 0 spiro atoms. The van der Waals surface area contributed by atoms with E-state index in [2.05, 4.69) is 20.8 Å². The molecule has 0 aliphatic carbocycles. The number of amides is 1. The summed E-state index contributed by atoms with van der Waals surface area (Å²) < 4.78 is 7.39. The Morgan fingerprint density at radius 2 is 1.74 bits per heavy atom. The second kappa shape index (κ2) is 11.5. The van der Waals surface area contributed by atoms with Gasteiger partial charge in [0.15, 0.2) is 5.82 Å². The Morgan fingerprint density at radius 1 is 1.00 bits per heavy atom. The van der Waals surface area contributed by atoms with Crippen LogP contribution in [0, 0.1) is 0 Å². The van der Waals surface area contributed by atoms with Gasteiger partial charge in [0.2, 0.25) is 0 Å². The van der Waals surface area contributed by atoms with Crippen molar-refractivity contribution in [2.45, 2.75) is 37.0 Å². The van der Waals surface area contributed by atoms with Crippen LogP contribution in [0.2, 0.25) is 0 Å². The van der Waals surface area contributed by atoms with Crippen molar-refractivity contribution in [2.24, 2.45) is 0 Å². The molecule has 34 heavy (non-hydrogen) atoms. The molecule has 3 aromatic carbocycles. The summed E-state index contributed by atoms with van der Waals surface area (Å²) in [7, 11) is 0. The fraction of sp³-hybridized carbons (Fsp3) is 0.231. The first-order valence-corrected chi connectivity index (χ1v) is 12.2. The van der Waals surface area contributed by atoms with Crippen LogP contribution < -0.4 is 10.1 Å². The Labute approximate surface area is 203 Å². The molecule has 1 heterocycles. The van der Waals surface area contributed by atoms with Crippen LogP contribution in [0.5, 0.6) is 5.75 Å². The highest BCUT2D eigenvalue weighted by molar-refractivity contribution is 7.98. The molecule has 0 radical (unpaired) electrons. The highest BCUT2D eigenvalue weighted by atomic mass is 32.2. The van der Waals surface area contributed by atoms with Gasteiger partial charge < -0.3 is 10.1 Å². The van der Waals surface area contributed by atoms with E-state index in [4.69, 9.17) is 4.74 Å². The summed E-state index contributed by atoms with van der Waals surface area (Å²) in [5.41, 5.74) is 2.69. The average Bonchev–Trinajstić information content (AvgIpc) is 3.33. The predicted octanol–water partition coefficient (Wildman–Crippen LogP) is 4.71. The SMILES string of the molecule is CC(C)Oc1ccc(CCNC(=O)c2ccccc2SCc2nnnn2-c2ccccc2)cc1. The normalized spacial score (nSPS) is 10.9. The van der Waals surface area contributed by atoms with Gasteiger partial charge in [-0.3, -0.25) is 4.79 Å². The van der Waals surface area contributed by atoms with E-state index in [1.165, 1.54) is 0 Å². The number of carbonyl (C=O) groups excluding carboxylic acids is 1. The van der Waals surface area contributed by atoms with E-state index in [9.17, 15) is 4.79 Å². The number of rotatable bonds is 10. The van der Waals surface area contributed by atoms with Crippen molar-refractivity contribution in [3.05, 3.63) is 95.8 Å². The van der Waals surface area contributed by atoms with Gasteiger partial charge in [0, 0.05) is 11.4 Å². The van der Waals surface area contributed by atoms with Crippen LogP contribution in [-0.4, -0.2) is 38.8 Å². The summed E-state index contributed by atoms with van der Waals surface area (Å²) in [5, 5.41) is 15.1. The van der Waals surface area contributed by atoms with Crippen molar-refractivity contribution in [2.75, 3.05) is 6.54 Å². The van der Waals surface area contributed by atoms with Gasteiger partial charge in [-0.25, -0.2) is 0 Å². The second-order valence-electron chi connectivity index (χ2n) is 7.94. The topological polar surface area (TPSA) is 81.9 Å². The van der Waals surface area contributed by atoms with Gasteiger partial charge >= 0.3 is 0 Å². The Balaban J connectivity index is 1.34. The van der Waals surface area contributed by atoms with Crippen molar-refractivity contribution < 1.29 is 9.53 Å². The lowest BCUT2D eigenvalue weighted by Gasteiger charge is -2.11. The van der Waals surface area contributed by atoms with Crippen molar-refractivity contribution >= 4 is 17.7 Å². The fourth-order valence-corrected chi connectivity index (χ4v) is 4.37. The fourth-order valence-electron chi connectivity index (χ4n) is 3.41. The molecule has 174 valence electrons. The van der Waals surface area contributed by atoms with Crippen LogP contribution >= 0.6 is 11.8 Å². The van der Waals surface area contributed by atoms with Crippen LogP contribution in [0.1, 0.15) is 35.6 Å². The molecule has 0 atom stereocenters. The van der Waals surface area contributed by atoms with Gasteiger partial charge in [-0.15, -0.1) is 16.9 Å². The van der Waals surface area contributed by atoms with Gasteiger partial charge in [-0.05, 0) is 72.7 Å². The van der Waals surface area contributed by atoms with Crippen molar-refractivity contribution in [3.8, 4) is 11.4 Å². The molecule has 0 fully saturated rings. The zero-order valence-electron chi connectivity index (χ0n) is 19.2. The second-order valence-corrected chi connectivity index (χ2v) is 8.96. The summed E-state index contributed by atoms with van der Waals surface area (Å²) >= 11 is 1.54. The van der Waals surface area contributed by atoms with Crippen LogP contribution in [-0.2, 0) is 12.2 Å². The molecule has 0 saturated carbocycles. The summed E-state index contributed by atoms with van der Waals surface area (Å²) in [6.07, 6.45) is 0.892. The van der Waals surface area contributed by atoms with Crippen LogP contribution in [0.15, 0.2) is 83.8 Å². The molecule has 1 amide bonds. The molecule has 4 aromatic rings. The molecule has 4 rings (SSSR count). The third-order valence-corrected chi connectivity index (χ3v) is 6.09. The summed E-state index contributed by atoms with van der Waals surface area (Å²) in [5.74, 6) is 2.02. The lowest BCUT2D eigenvalue weighted by atomic mass is 10.1. The van der Waals surface area contributed by atoms with Gasteiger partial charge in [0.05, 0.1) is 23.1 Å². The maximum Gasteiger partial charge on any atom is 0.252 e. The van der Waals surface area contributed by atoms with E-state index in [0.29, 0.717) is 17.9 Å². The molecule has 0 bridgehead atoms. The lowest BCUT2D eigenvalue weighted by molar-refractivity contribution is 0.0951. The number of para-hydroxylation sites is 1. The number of ether oxygens (including phenoxy) is 1. The minimum Gasteiger partial charge on any atom is -0.491 e. The molecule has 0 saturated heterocycles. The zero-order chi connectivity index (χ0) is 23.8. The number of tetrazole rings is 1. The summed E-state index contributed by atoms with van der Waals surface area (Å²) in [4.78, 5) is 13.8. The molecule has 8 heteroatoms. The van der Waals surface area contributed by atoms with Crippen molar-refractivity contribution in [3.63, 3.8) is 0 Å². The Hall–Kier alpha value is -3.65. The third kappa shape index (κ3) is 6.23. The number of nitrogens with zero attached hydrogens (tertiary/aromatic N) is 4. The molecule has 0 unspecified atom stereocenters. The number of hydrogen-bond acceptors (Lipinski definition) is 6. The van der Waals surface area contributed by atoms with Crippen LogP contribution in [0.4, 0.5) is 0 Å². The average molecular weight is 474 g/mol. The Morgan fingerprint density at radius 3 is 2.50 bits per heavy atom. The van der Waals surface area contributed by atoms with Gasteiger partial charge in [0.25, 0.3) is 5.91 Å². The maximum atomic E-state index is 12.9. The molecular formula is C26H27N5O2S. The van der Waals surface area contributed by atoms with Crippen LogP contribution in [0.25, 0.3) is 5.69 Å². The standard InChI is InChI=1S/C26H27N5O2S/c1-19(2)33-22-14-12-20(13-15-22)16-17-27-26(32)23-10-6-7-11-24(23)34-18-25-28-29-30-31(25)21-8-4-3-5-9-21/h3-15,19H,16-18H2,1-2H3,(H,27,32). The highest BCUT2D eigenvalue weighted by Gasteiger charge is 2.14. The van der Waals surface area contributed by atoms with Crippen molar-refractivity contribution in [1.29, 1.82) is 0 Å². The Bertz CT molecular complexity index is 1210. The molecular weight excluding hydrogens is 446 g/mol. The summed E-state index contributed by atoms with van der Waals surface area (Å²) in [6.45, 7) is 4.56. The maximum absolute atomic E-state index is 12.9. The molecule has 0 aliphatic rings. The number of thioether (sulfide) groups is 1. The van der Waals surface area contributed by atoms with E-state index in [1.807, 2.05) is 92.7 Å². The van der Waals surface area contributed by atoms with E-state index in [-0.39, 0.29) is 12.0 Å². The zero-order valence-corrected chi connectivity index (χ0v) is 20.0.